The zero-order valence-electron chi connectivity index (χ0n) is 12.4. The monoisotopic (exact) mass is 314 g/mol. The van der Waals surface area contributed by atoms with E-state index in [2.05, 4.69) is 10.3 Å². The van der Waals surface area contributed by atoms with Gasteiger partial charge in [-0.15, -0.1) is 0 Å². The number of imidazole rings is 1. The van der Waals surface area contributed by atoms with Crippen LogP contribution in [0.4, 0.5) is 0 Å². The van der Waals surface area contributed by atoms with Crippen LogP contribution in [-0.2, 0) is 21.4 Å². The van der Waals surface area contributed by atoms with E-state index < -0.39 is 16.1 Å². The molecule has 118 valence electrons. The van der Waals surface area contributed by atoms with Gasteiger partial charge in [0.2, 0.25) is 15.9 Å². The Morgan fingerprint density at radius 1 is 1.48 bits per heavy atom. The number of carbonyl (C=O) groups excluding carboxylic acids is 1. The predicted molar refractivity (Wildman–Crippen MR) is 79.0 cm³/mol. The molecule has 0 radical (unpaired) electrons. The molecule has 1 aliphatic rings. The number of amides is 1. The van der Waals surface area contributed by atoms with Crippen molar-refractivity contribution in [1.29, 1.82) is 0 Å². The van der Waals surface area contributed by atoms with Crippen LogP contribution >= 0.6 is 0 Å². The van der Waals surface area contributed by atoms with Crippen LogP contribution in [0.15, 0.2) is 18.7 Å². The molecule has 0 saturated carbocycles. The molecule has 1 fully saturated rings. The van der Waals surface area contributed by atoms with Gasteiger partial charge in [-0.05, 0) is 19.8 Å². The van der Waals surface area contributed by atoms with Crippen LogP contribution < -0.4 is 5.32 Å². The van der Waals surface area contributed by atoms with E-state index in [1.807, 2.05) is 17.7 Å². The summed E-state index contributed by atoms with van der Waals surface area (Å²) in [7, 11) is -3.35. The van der Waals surface area contributed by atoms with Crippen molar-refractivity contribution < 1.29 is 13.2 Å². The van der Waals surface area contributed by atoms with Crippen LogP contribution in [0.1, 0.15) is 26.2 Å². The second-order valence-electron chi connectivity index (χ2n) is 5.55. The van der Waals surface area contributed by atoms with E-state index in [9.17, 15) is 13.2 Å². The summed E-state index contributed by atoms with van der Waals surface area (Å²) in [5.74, 6) is -0.215. The average Bonchev–Trinajstić information content (AvgIpc) is 2.90. The van der Waals surface area contributed by atoms with Crippen molar-refractivity contribution in [3.8, 4) is 0 Å². The SMILES string of the molecule is C[C@@H](Cn1ccnc1)NC(=O)[C@H]1CCCCN1S(C)(=O)=O. The molecule has 1 N–H and O–H groups in total. The van der Waals surface area contributed by atoms with Crippen molar-refractivity contribution in [1.82, 2.24) is 19.2 Å². The summed E-state index contributed by atoms with van der Waals surface area (Å²) in [6, 6.07) is -0.672. The van der Waals surface area contributed by atoms with Crippen molar-refractivity contribution >= 4 is 15.9 Å². The van der Waals surface area contributed by atoms with E-state index in [0.29, 0.717) is 19.5 Å². The molecule has 0 spiro atoms. The molecule has 21 heavy (non-hydrogen) atoms. The lowest BCUT2D eigenvalue weighted by Crippen LogP contribution is -2.53. The lowest BCUT2D eigenvalue weighted by atomic mass is 10.0. The molecular weight excluding hydrogens is 292 g/mol. The van der Waals surface area contributed by atoms with E-state index >= 15 is 0 Å². The molecule has 2 rings (SSSR count). The zero-order valence-corrected chi connectivity index (χ0v) is 13.2. The number of nitrogens with zero attached hydrogens (tertiary/aromatic N) is 3. The van der Waals surface area contributed by atoms with Crippen molar-refractivity contribution in [2.45, 2.75) is 44.8 Å². The third-order valence-electron chi connectivity index (χ3n) is 3.61. The van der Waals surface area contributed by atoms with E-state index in [1.54, 1.807) is 12.5 Å². The van der Waals surface area contributed by atoms with Crippen molar-refractivity contribution in [2.75, 3.05) is 12.8 Å². The maximum atomic E-state index is 12.4. The van der Waals surface area contributed by atoms with Gasteiger partial charge in [0.05, 0.1) is 12.6 Å². The fourth-order valence-corrected chi connectivity index (χ4v) is 3.78. The van der Waals surface area contributed by atoms with Crippen LogP contribution in [0.2, 0.25) is 0 Å². The Labute approximate surface area is 125 Å². The first-order chi connectivity index (χ1) is 9.88. The van der Waals surface area contributed by atoms with Gasteiger partial charge >= 0.3 is 0 Å². The molecule has 0 aliphatic carbocycles. The van der Waals surface area contributed by atoms with Crippen molar-refractivity contribution in [2.24, 2.45) is 0 Å². The third kappa shape index (κ3) is 4.28. The molecule has 2 atom stereocenters. The Morgan fingerprint density at radius 2 is 2.24 bits per heavy atom. The number of hydrogen-bond acceptors (Lipinski definition) is 4. The summed E-state index contributed by atoms with van der Waals surface area (Å²) in [6.07, 6.45) is 8.62. The number of sulfonamides is 1. The maximum absolute atomic E-state index is 12.4. The second-order valence-corrected chi connectivity index (χ2v) is 7.49. The standard InChI is InChI=1S/C13H22N4O3S/c1-11(9-16-8-6-14-10-16)15-13(18)12-5-3-4-7-17(12)21(2,19)20/h6,8,10-12H,3-5,7,9H2,1-2H3,(H,15,18)/t11-,12+/m0/s1. The quantitative estimate of drug-likeness (QED) is 0.841. The van der Waals surface area contributed by atoms with E-state index in [0.717, 1.165) is 19.1 Å². The van der Waals surface area contributed by atoms with E-state index in [1.165, 1.54) is 4.31 Å². The highest BCUT2D eigenvalue weighted by molar-refractivity contribution is 7.88. The highest BCUT2D eigenvalue weighted by Crippen LogP contribution is 2.20. The van der Waals surface area contributed by atoms with Crippen LogP contribution in [0.25, 0.3) is 0 Å². The average molecular weight is 314 g/mol. The van der Waals surface area contributed by atoms with Gasteiger partial charge in [0.1, 0.15) is 6.04 Å². The number of piperidine rings is 1. The number of hydrogen-bond donors (Lipinski definition) is 1. The normalized spacial score (nSPS) is 21.9. The lowest BCUT2D eigenvalue weighted by molar-refractivity contribution is -0.126. The van der Waals surface area contributed by atoms with Gasteiger partial charge in [-0.25, -0.2) is 13.4 Å². The number of carbonyl (C=O) groups is 1. The minimum atomic E-state index is -3.35. The molecule has 0 unspecified atom stereocenters. The van der Waals surface area contributed by atoms with Gasteiger partial charge in [0.25, 0.3) is 0 Å². The summed E-state index contributed by atoms with van der Waals surface area (Å²) in [5, 5.41) is 2.90. The topological polar surface area (TPSA) is 84.3 Å². The molecule has 7 nitrogen and oxygen atoms in total. The minimum absolute atomic E-state index is 0.0879. The smallest absolute Gasteiger partial charge is 0.238 e. The molecule has 1 amide bonds. The fraction of sp³-hybridized carbons (Fsp3) is 0.692. The zero-order chi connectivity index (χ0) is 15.5. The van der Waals surface area contributed by atoms with Crippen LogP contribution in [0, 0.1) is 0 Å². The molecule has 8 heteroatoms. The fourth-order valence-electron chi connectivity index (χ4n) is 2.66. The van der Waals surface area contributed by atoms with Gasteiger partial charge in [0.15, 0.2) is 0 Å². The molecule has 1 aromatic heterocycles. The second kappa shape index (κ2) is 6.57. The minimum Gasteiger partial charge on any atom is -0.350 e. The lowest BCUT2D eigenvalue weighted by Gasteiger charge is -2.33. The molecular formula is C13H22N4O3S. The highest BCUT2D eigenvalue weighted by atomic mass is 32.2. The van der Waals surface area contributed by atoms with Crippen molar-refractivity contribution in [3.05, 3.63) is 18.7 Å². The van der Waals surface area contributed by atoms with Gasteiger partial charge in [-0.2, -0.15) is 4.31 Å². The summed E-state index contributed by atoms with van der Waals surface area (Å²) < 4.78 is 26.7. The van der Waals surface area contributed by atoms with Gasteiger partial charge in [-0.3, -0.25) is 4.79 Å². The number of aromatic nitrogens is 2. The molecule has 0 bridgehead atoms. The largest absolute Gasteiger partial charge is 0.350 e. The number of rotatable bonds is 5. The molecule has 1 aromatic rings. The first-order valence-corrected chi connectivity index (χ1v) is 8.95. The van der Waals surface area contributed by atoms with E-state index in [4.69, 9.17) is 0 Å². The van der Waals surface area contributed by atoms with Gasteiger partial charge < -0.3 is 9.88 Å². The summed E-state index contributed by atoms with van der Waals surface area (Å²) in [6.45, 7) is 2.93. The van der Waals surface area contributed by atoms with Crippen molar-refractivity contribution in [3.63, 3.8) is 0 Å². The Balaban J connectivity index is 1.97. The number of nitrogens with one attached hydrogen (secondary N) is 1. The van der Waals surface area contributed by atoms with Crippen LogP contribution in [-0.4, -0.2) is 53.1 Å². The molecule has 1 saturated heterocycles. The Bertz CT molecular complexity index is 570. The van der Waals surface area contributed by atoms with Gasteiger partial charge in [-0.1, -0.05) is 6.42 Å². The Morgan fingerprint density at radius 3 is 2.86 bits per heavy atom. The molecule has 2 heterocycles. The summed E-state index contributed by atoms with van der Waals surface area (Å²) >= 11 is 0. The first-order valence-electron chi connectivity index (χ1n) is 7.11. The third-order valence-corrected chi connectivity index (χ3v) is 4.90. The Kier molecular flexibility index (Phi) is 5.00. The van der Waals surface area contributed by atoms with Crippen LogP contribution in [0.3, 0.4) is 0 Å². The predicted octanol–water partition coefficient (Wildman–Crippen LogP) is 0.202. The Hall–Kier alpha value is -1.41. The highest BCUT2D eigenvalue weighted by Gasteiger charge is 2.34. The summed E-state index contributed by atoms with van der Waals surface area (Å²) in [5.41, 5.74) is 0. The molecule has 1 aliphatic heterocycles. The maximum Gasteiger partial charge on any atom is 0.238 e. The summed E-state index contributed by atoms with van der Waals surface area (Å²) in [4.78, 5) is 16.3. The van der Waals surface area contributed by atoms with E-state index in [-0.39, 0.29) is 11.9 Å². The molecule has 0 aromatic carbocycles. The van der Waals surface area contributed by atoms with Gasteiger partial charge in [0, 0.05) is 31.5 Å². The first kappa shape index (κ1) is 16.0. The van der Waals surface area contributed by atoms with Crippen LogP contribution in [0.5, 0.6) is 0 Å².